The van der Waals surface area contributed by atoms with Crippen molar-refractivity contribution in [2.45, 2.75) is 26.4 Å². The van der Waals surface area contributed by atoms with Crippen LogP contribution in [0.1, 0.15) is 18.1 Å². The Morgan fingerprint density at radius 2 is 2.09 bits per heavy atom. The van der Waals surface area contributed by atoms with Gasteiger partial charge in [0.2, 0.25) is 0 Å². The van der Waals surface area contributed by atoms with Gasteiger partial charge in [-0.2, -0.15) is 0 Å². The predicted molar refractivity (Wildman–Crippen MR) is 86.4 cm³/mol. The number of nitrogens with zero attached hydrogens (tertiary/aromatic N) is 1. The summed E-state index contributed by atoms with van der Waals surface area (Å²) in [6.07, 6.45) is 1.54. The lowest BCUT2D eigenvalue weighted by molar-refractivity contribution is -0.143. The molecule has 118 valence electrons. The summed E-state index contributed by atoms with van der Waals surface area (Å²) in [5.41, 5.74) is 1.00. The van der Waals surface area contributed by atoms with Crippen LogP contribution < -0.4 is 15.4 Å². The van der Waals surface area contributed by atoms with Crippen LogP contribution >= 0.6 is 0 Å². The van der Waals surface area contributed by atoms with Gasteiger partial charge < -0.3 is 15.4 Å². The highest BCUT2D eigenvalue weighted by Gasteiger charge is 2.47. The van der Waals surface area contributed by atoms with Gasteiger partial charge in [-0.3, -0.25) is 9.59 Å². The largest absolute Gasteiger partial charge is 0.464 e. The number of benzene rings is 1. The first-order chi connectivity index (χ1) is 10.9. The van der Waals surface area contributed by atoms with Gasteiger partial charge in [0, 0.05) is 11.9 Å². The van der Waals surface area contributed by atoms with E-state index in [4.69, 9.17) is 4.74 Å². The molecule has 0 spiro atoms. The fourth-order valence-corrected chi connectivity index (χ4v) is 2.40. The Morgan fingerprint density at radius 3 is 2.83 bits per heavy atom. The monoisotopic (exact) mass is 311 g/mol. The molecule has 0 bridgehead atoms. The molecule has 1 aromatic carbocycles. The molecule has 1 atom stereocenters. The van der Waals surface area contributed by atoms with Crippen LogP contribution in [0.5, 0.6) is 5.75 Å². The van der Waals surface area contributed by atoms with E-state index < -0.39 is 17.4 Å². The van der Waals surface area contributed by atoms with E-state index in [1.165, 1.54) is 6.92 Å². The number of ether oxygens (including phenoxy) is 1. The second-order valence-electron chi connectivity index (χ2n) is 5.71. The fourth-order valence-electron chi connectivity index (χ4n) is 2.40. The van der Waals surface area contributed by atoms with Crippen LogP contribution in [0.3, 0.4) is 0 Å². The quantitative estimate of drug-likeness (QED) is 0.835. The highest BCUT2D eigenvalue weighted by atomic mass is 16.5. The number of hydrogen-bond acceptors (Lipinski definition) is 4. The number of carbonyl (C=O) groups is 2. The Bertz CT molecular complexity index is 803. The molecule has 2 aromatic rings. The number of anilines is 2. The Morgan fingerprint density at radius 1 is 1.30 bits per heavy atom. The van der Waals surface area contributed by atoms with Gasteiger partial charge in [0.05, 0.1) is 0 Å². The third kappa shape index (κ3) is 2.63. The zero-order valence-corrected chi connectivity index (χ0v) is 13.1. The summed E-state index contributed by atoms with van der Waals surface area (Å²) in [5, 5.41) is 5.37. The Labute approximate surface area is 133 Å². The van der Waals surface area contributed by atoms with Gasteiger partial charge in [0.15, 0.2) is 11.6 Å². The first kappa shape index (κ1) is 15.0. The lowest BCUT2D eigenvalue weighted by atomic mass is 10.0. The number of rotatable bonds is 2. The molecule has 0 saturated heterocycles. The average Bonchev–Trinajstić information content (AvgIpc) is 2.51. The lowest BCUT2D eigenvalue weighted by Crippen LogP contribution is -2.56. The van der Waals surface area contributed by atoms with Gasteiger partial charge >= 0.3 is 0 Å². The SMILES string of the molecule is Cc1ccc(NC(=O)[C@]2(C)Oc3cccnc3NC2=O)c(C)c1. The number of nitrogens with one attached hydrogen (secondary N) is 2. The highest BCUT2D eigenvalue weighted by molar-refractivity contribution is 6.18. The van der Waals surface area contributed by atoms with Gasteiger partial charge in [-0.1, -0.05) is 17.7 Å². The minimum atomic E-state index is -1.66. The molecule has 1 aliphatic rings. The number of pyridine rings is 1. The number of aromatic nitrogens is 1. The maximum Gasteiger partial charge on any atom is 0.279 e. The van der Waals surface area contributed by atoms with Crippen LogP contribution in [0.25, 0.3) is 0 Å². The summed E-state index contributed by atoms with van der Waals surface area (Å²) in [6, 6.07) is 9.00. The minimum absolute atomic E-state index is 0.314. The van der Waals surface area contributed by atoms with Gasteiger partial charge in [0.1, 0.15) is 0 Å². The first-order valence-electron chi connectivity index (χ1n) is 7.24. The molecule has 0 aliphatic carbocycles. The molecule has 3 rings (SSSR count). The van der Waals surface area contributed by atoms with Crippen molar-refractivity contribution in [1.29, 1.82) is 0 Å². The summed E-state index contributed by atoms with van der Waals surface area (Å²) in [7, 11) is 0. The number of carbonyl (C=O) groups excluding carboxylic acids is 2. The average molecular weight is 311 g/mol. The van der Waals surface area contributed by atoms with Crippen molar-refractivity contribution < 1.29 is 14.3 Å². The third-order valence-electron chi connectivity index (χ3n) is 3.81. The van der Waals surface area contributed by atoms with Crippen molar-refractivity contribution in [3.63, 3.8) is 0 Å². The van der Waals surface area contributed by atoms with Crippen LogP contribution in [0, 0.1) is 13.8 Å². The summed E-state index contributed by atoms with van der Waals surface area (Å²) >= 11 is 0. The maximum atomic E-state index is 12.6. The molecule has 23 heavy (non-hydrogen) atoms. The maximum absolute atomic E-state index is 12.6. The second-order valence-corrected chi connectivity index (χ2v) is 5.71. The summed E-state index contributed by atoms with van der Waals surface area (Å²) < 4.78 is 5.64. The number of fused-ring (bicyclic) bond motifs is 1. The molecule has 2 amide bonds. The molecule has 2 N–H and O–H groups in total. The summed E-state index contributed by atoms with van der Waals surface area (Å²) in [5.74, 6) is -0.401. The topological polar surface area (TPSA) is 80.3 Å². The van der Waals surface area contributed by atoms with Crippen LogP contribution in [-0.2, 0) is 9.59 Å². The number of amides is 2. The van der Waals surface area contributed by atoms with Crippen molar-refractivity contribution in [3.05, 3.63) is 47.7 Å². The van der Waals surface area contributed by atoms with Crippen molar-refractivity contribution >= 4 is 23.3 Å². The zero-order valence-electron chi connectivity index (χ0n) is 13.1. The van der Waals surface area contributed by atoms with E-state index in [1.807, 2.05) is 32.0 Å². The Balaban J connectivity index is 1.88. The van der Waals surface area contributed by atoms with Crippen LogP contribution in [-0.4, -0.2) is 22.4 Å². The molecule has 6 nitrogen and oxygen atoms in total. The lowest BCUT2D eigenvalue weighted by Gasteiger charge is -2.32. The predicted octanol–water partition coefficient (Wildman–Crippen LogP) is 2.43. The van der Waals surface area contributed by atoms with E-state index in [0.717, 1.165) is 11.1 Å². The molecule has 1 aliphatic heterocycles. The van der Waals surface area contributed by atoms with Crippen LogP contribution in [0.15, 0.2) is 36.5 Å². The van der Waals surface area contributed by atoms with Gasteiger partial charge in [-0.25, -0.2) is 4.98 Å². The standard InChI is InChI=1S/C17H17N3O3/c1-10-6-7-12(11(2)9-10)19-15(21)17(3)16(22)20-14-13(23-17)5-4-8-18-14/h4-9H,1-3H3,(H,19,21)(H,18,20,22)/t17-/m0/s1. The molecule has 2 heterocycles. The van der Waals surface area contributed by atoms with Crippen molar-refractivity contribution in [2.24, 2.45) is 0 Å². The molecular weight excluding hydrogens is 294 g/mol. The van der Waals surface area contributed by atoms with Gasteiger partial charge in [0.25, 0.3) is 17.4 Å². The molecule has 0 saturated carbocycles. The van der Waals surface area contributed by atoms with Crippen molar-refractivity contribution in [3.8, 4) is 5.75 Å². The highest BCUT2D eigenvalue weighted by Crippen LogP contribution is 2.32. The molecule has 0 unspecified atom stereocenters. The van der Waals surface area contributed by atoms with E-state index >= 15 is 0 Å². The Kier molecular flexibility index (Phi) is 3.52. The van der Waals surface area contributed by atoms with Gasteiger partial charge in [-0.05, 0) is 44.5 Å². The first-order valence-corrected chi connectivity index (χ1v) is 7.24. The molecule has 1 aromatic heterocycles. The van der Waals surface area contributed by atoms with E-state index in [0.29, 0.717) is 17.3 Å². The second kappa shape index (κ2) is 5.39. The van der Waals surface area contributed by atoms with Crippen LogP contribution in [0.4, 0.5) is 11.5 Å². The molecule has 0 radical (unpaired) electrons. The zero-order chi connectivity index (χ0) is 16.6. The summed E-state index contributed by atoms with van der Waals surface area (Å²) in [6.45, 7) is 5.31. The Hall–Kier alpha value is -2.89. The van der Waals surface area contributed by atoms with E-state index in [2.05, 4.69) is 15.6 Å². The third-order valence-corrected chi connectivity index (χ3v) is 3.81. The van der Waals surface area contributed by atoms with E-state index in [-0.39, 0.29) is 0 Å². The molecule has 0 fully saturated rings. The van der Waals surface area contributed by atoms with Crippen molar-refractivity contribution in [2.75, 3.05) is 10.6 Å². The van der Waals surface area contributed by atoms with Gasteiger partial charge in [-0.15, -0.1) is 0 Å². The normalized spacial score (nSPS) is 19.3. The summed E-state index contributed by atoms with van der Waals surface area (Å²) in [4.78, 5) is 29.0. The van der Waals surface area contributed by atoms with Crippen LogP contribution in [0.2, 0.25) is 0 Å². The minimum Gasteiger partial charge on any atom is -0.464 e. The van der Waals surface area contributed by atoms with Crippen molar-refractivity contribution in [1.82, 2.24) is 4.98 Å². The molecular formula is C17H17N3O3. The fraction of sp³-hybridized carbons (Fsp3) is 0.235. The molecule has 6 heteroatoms. The number of hydrogen-bond donors (Lipinski definition) is 2. The number of aryl methyl sites for hydroxylation is 2. The smallest absolute Gasteiger partial charge is 0.279 e. The van der Waals surface area contributed by atoms with E-state index in [1.54, 1.807) is 18.3 Å². The van der Waals surface area contributed by atoms with E-state index in [9.17, 15) is 9.59 Å².